The van der Waals surface area contributed by atoms with Crippen molar-refractivity contribution in [3.63, 3.8) is 0 Å². The van der Waals surface area contributed by atoms with Crippen molar-refractivity contribution in [3.05, 3.63) is 56.4 Å². The van der Waals surface area contributed by atoms with Crippen molar-refractivity contribution >= 4 is 21.7 Å². The summed E-state index contributed by atoms with van der Waals surface area (Å²) in [5, 5.41) is 2.60. The number of hydrogen-bond acceptors (Lipinski definition) is 5. The van der Waals surface area contributed by atoms with Crippen molar-refractivity contribution in [2.24, 2.45) is 7.05 Å². The average molecular weight is 408 g/mol. The van der Waals surface area contributed by atoms with Gasteiger partial charge in [0, 0.05) is 18.9 Å². The Kier molecular flexibility index (Phi) is 6.13. The molecule has 152 valence electrons. The van der Waals surface area contributed by atoms with E-state index in [0.29, 0.717) is 10.3 Å². The molecule has 0 unspecified atom stereocenters. The molecule has 0 saturated carbocycles. The van der Waals surface area contributed by atoms with Gasteiger partial charge in [-0.25, -0.2) is 22.7 Å². The highest BCUT2D eigenvalue weighted by molar-refractivity contribution is 7.90. The number of aromatic amines is 1. The predicted molar refractivity (Wildman–Crippen MR) is 106 cm³/mol. The maximum Gasteiger partial charge on any atom is 0.333 e. The molecule has 0 saturated heterocycles. The maximum atomic E-state index is 12.4. The van der Waals surface area contributed by atoms with Gasteiger partial charge in [0.2, 0.25) is 0 Å². The van der Waals surface area contributed by atoms with Crippen molar-refractivity contribution < 1.29 is 13.2 Å². The minimum atomic E-state index is -4.48. The Bertz CT molecular complexity index is 1090. The van der Waals surface area contributed by atoms with Crippen molar-refractivity contribution in [2.75, 3.05) is 5.32 Å². The van der Waals surface area contributed by atoms with Gasteiger partial charge in [0.1, 0.15) is 0 Å². The second-order valence-electron chi connectivity index (χ2n) is 7.00. The molecule has 0 bridgehead atoms. The smallest absolute Gasteiger partial charge is 0.313 e. The molecule has 0 aliphatic heterocycles. The molecule has 0 fully saturated rings. The van der Waals surface area contributed by atoms with E-state index in [1.165, 1.54) is 0 Å². The standard InChI is InChI=1S/C18H24N4O5S/c1-10(2)12-7-6-8-13(11(3)4)15(12)20-17(24)21-28(26,27)14-9-19-18(25)22(5)16(14)23/h6-11H,1-5H3,(H,19,25)(H2,20,21,24). The molecule has 0 aliphatic rings. The molecule has 28 heavy (non-hydrogen) atoms. The second-order valence-corrected chi connectivity index (χ2v) is 8.65. The summed E-state index contributed by atoms with van der Waals surface area (Å²) in [7, 11) is -3.35. The number of urea groups is 1. The predicted octanol–water partition coefficient (Wildman–Crippen LogP) is 1.83. The molecule has 10 heteroatoms. The number of aromatic nitrogens is 2. The van der Waals surface area contributed by atoms with E-state index < -0.39 is 32.2 Å². The van der Waals surface area contributed by atoms with Crippen LogP contribution >= 0.6 is 0 Å². The molecule has 2 aromatic rings. The molecule has 2 rings (SSSR count). The van der Waals surface area contributed by atoms with Crippen LogP contribution in [-0.2, 0) is 17.1 Å². The highest BCUT2D eigenvalue weighted by Gasteiger charge is 2.24. The van der Waals surface area contributed by atoms with E-state index in [-0.39, 0.29) is 11.8 Å². The monoisotopic (exact) mass is 408 g/mol. The summed E-state index contributed by atoms with van der Waals surface area (Å²) in [5.74, 6) is 0.189. The molecule has 0 radical (unpaired) electrons. The van der Waals surface area contributed by atoms with Crippen LogP contribution in [-0.4, -0.2) is 24.0 Å². The van der Waals surface area contributed by atoms with E-state index >= 15 is 0 Å². The molecule has 0 spiro atoms. The number of rotatable bonds is 5. The summed E-state index contributed by atoms with van der Waals surface area (Å²) in [6.45, 7) is 7.85. The van der Waals surface area contributed by atoms with Crippen LogP contribution in [0.3, 0.4) is 0 Å². The number of anilines is 1. The lowest BCUT2D eigenvalue weighted by Crippen LogP contribution is -2.41. The Morgan fingerprint density at radius 1 is 1.07 bits per heavy atom. The van der Waals surface area contributed by atoms with Gasteiger partial charge in [-0.3, -0.25) is 9.36 Å². The third-order valence-electron chi connectivity index (χ3n) is 4.27. The summed E-state index contributed by atoms with van der Waals surface area (Å²) >= 11 is 0. The molecule has 9 nitrogen and oxygen atoms in total. The summed E-state index contributed by atoms with van der Waals surface area (Å²) in [6.07, 6.45) is 0.766. The number of amides is 2. The third kappa shape index (κ3) is 4.33. The number of carbonyl (C=O) groups is 1. The van der Waals surface area contributed by atoms with Crippen molar-refractivity contribution in [1.82, 2.24) is 14.3 Å². The number of benzene rings is 1. The lowest BCUT2D eigenvalue weighted by Gasteiger charge is -2.20. The average Bonchev–Trinajstić information content (AvgIpc) is 2.58. The van der Waals surface area contributed by atoms with Gasteiger partial charge in [-0.2, -0.15) is 0 Å². The van der Waals surface area contributed by atoms with Crippen LogP contribution in [0.25, 0.3) is 0 Å². The topological polar surface area (TPSA) is 130 Å². The van der Waals surface area contributed by atoms with Crippen LogP contribution in [0.15, 0.2) is 38.9 Å². The summed E-state index contributed by atoms with van der Waals surface area (Å²) < 4.78 is 27.3. The first-order chi connectivity index (χ1) is 13.0. The highest BCUT2D eigenvalue weighted by Crippen LogP contribution is 2.32. The Labute approximate surface area is 162 Å². The van der Waals surface area contributed by atoms with Crippen molar-refractivity contribution in [1.29, 1.82) is 0 Å². The van der Waals surface area contributed by atoms with Gasteiger partial charge in [-0.1, -0.05) is 45.9 Å². The number of para-hydroxylation sites is 1. The molecule has 2 amide bonds. The van der Waals surface area contributed by atoms with Gasteiger partial charge >= 0.3 is 11.7 Å². The van der Waals surface area contributed by atoms with Crippen LogP contribution < -0.4 is 21.3 Å². The van der Waals surface area contributed by atoms with Crippen molar-refractivity contribution in [2.45, 2.75) is 44.4 Å². The number of H-pyrrole nitrogens is 1. The molecule has 3 N–H and O–H groups in total. The van der Waals surface area contributed by atoms with Gasteiger partial charge in [-0.05, 0) is 23.0 Å². The summed E-state index contributed by atoms with van der Waals surface area (Å²) in [4.78, 5) is 37.3. The van der Waals surface area contributed by atoms with Gasteiger partial charge in [0.25, 0.3) is 15.6 Å². The van der Waals surface area contributed by atoms with Crippen LogP contribution in [0.2, 0.25) is 0 Å². The molecule has 0 atom stereocenters. The first-order valence-corrected chi connectivity index (χ1v) is 10.2. The molecular formula is C18H24N4O5S. The third-order valence-corrected chi connectivity index (χ3v) is 5.60. The first-order valence-electron chi connectivity index (χ1n) is 8.71. The molecule has 0 aliphatic carbocycles. The zero-order chi connectivity index (χ0) is 21.2. The zero-order valence-corrected chi connectivity index (χ0v) is 17.2. The Hall–Kier alpha value is -2.88. The fraction of sp³-hybridized carbons (Fsp3) is 0.389. The van der Waals surface area contributed by atoms with E-state index in [0.717, 1.165) is 24.4 Å². The van der Waals surface area contributed by atoms with E-state index in [4.69, 9.17) is 0 Å². The van der Waals surface area contributed by atoms with Crippen LogP contribution in [0.1, 0.15) is 50.7 Å². The van der Waals surface area contributed by atoms with Crippen LogP contribution in [0.5, 0.6) is 0 Å². The van der Waals surface area contributed by atoms with Gasteiger partial charge in [0.05, 0.1) is 0 Å². The Morgan fingerprint density at radius 2 is 1.61 bits per heavy atom. The van der Waals surface area contributed by atoms with E-state index in [1.807, 2.05) is 50.6 Å². The van der Waals surface area contributed by atoms with E-state index in [2.05, 4.69) is 10.3 Å². The first kappa shape index (κ1) is 21.4. The van der Waals surface area contributed by atoms with Gasteiger partial charge < -0.3 is 10.3 Å². The molecule has 1 aromatic heterocycles. The van der Waals surface area contributed by atoms with E-state index in [1.54, 1.807) is 0 Å². The minimum absolute atomic E-state index is 0.0945. The normalized spacial score (nSPS) is 11.7. The SMILES string of the molecule is CC(C)c1cccc(C(C)C)c1NC(=O)NS(=O)(=O)c1c[nH]c(=O)n(C)c1=O. The Morgan fingerprint density at radius 3 is 2.11 bits per heavy atom. The zero-order valence-electron chi connectivity index (χ0n) is 16.4. The molecule has 1 heterocycles. The quantitative estimate of drug-likeness (QED) is 0.695. The van der Waals surface area contributed by atoms with Crippen molar-refractivity contribution in [3.8, 4) is 0 Å². The fourth-order valence-electron chi connectivity index (χ4n) is 2.75. The lowest BCUT2D eigenvalue weighted by molar-refractivity contribution is 0.256. The van der Waals surface area contributed by atoms with Gasteiger partial charge in [-0.15, -0.1) is 0 Å². The van der Waals surface area contributed by atoms with Crippen LogP contribution in [0.4, 0.5) is 10.5 Å². The highest BCUT2D eigenvalue weighted by atomic mass is 32.2. The lowest BCUT2D eigenvalue weighted by atomic mass is 9.93. The molecule has 1 aromatic carbocycles. The van der Waals surface area contributed by atoms with E-state index in [9.17, 15) is 22.8 Å². The van der Waals surface area contributed by atoms with Crippen LogP contribution in [0, 0.1) is 0 Å². The number of nitrogens with zero attached hydrogens (tertiary/aromatic N) is 1. The number of nitrogens with one attached hydrogen (secondary N) is 3. The number of hydrogen-bond donors (Lipinski definition) is 3. The maximum absolute atomic E-state index is 12.4. The fourth-order valence-corrected chi connectivity index (χ4v) is 3.73. The molecular weight excluding hydrogens is 384 g/mol. The summed E-state index contributed by atoms with van der Waals surface area (Å²) in [5.41, 5.74) is 0.460. The Balaban J connectivity index is 2.39. The minimum Gasteiger partial charge on any atom is -0.313 e. The number of sulfonamides is 1. The largest absolute Gasteiger partial charge is 0.333 e. The number of carbonyl (C=O) groups excluding carboxylic acids is 1. The van der Waals surface area contributed by atoms with Gasteiger partial charge in [0.15, 0.2) is 4.90 Å². The second kappa shape index (κ2) is 8.01. The summed E-state index contributed by atoms with van der Waals surface area (Å²) in [6, 6.07) is 4.61.